The number of nitrogens with two attached hydrogens (primary N) is 1. The van der Waals surface area contributed by atoms with Crippen molar-refractivity contribution in [1.29, 1.82) is 0 Å². The first kappa shape index (κ1) is 13.3. The lowest BCUT2D eigenvalue weighted by Gasteiger charge is -2.11. The molecule has 0 aliphatic rings. The van der Waals surface area contributed by atoms with Gasteiger partial charge in [-0.05, 0) is 25.0 Å². The maximum Gasteiger partial charge on any atom is 0.126 e. The Kier molecular flexibility index (Phi) is 4.22. The van der Waals surface area contributed by atoms with Crippen LogP contribution in [0.5, 0.6) is 0 Å². The molecular weight excluding hydrogens is 250 g/mol. The van der Waals surface area contributed by atoms with Crippen molar-refractivity contribution in [3.05, 3.63) is 29.0 Å². The molecule has 2 N–H and O–H groups in total. The van der Waals surface area contributed by atoms with Gasteiger partial charge >= 0.3 is 0 Å². The van der Waals surface area contributed by atoms with E-state index in [1.165, 1.54) is 0 Å². The lowest BCUT2D eigenvalue weighted by atomic mass is 10.1. The molecule has 4 nitrogen and oxygen atoms in total. The van der Waals surface area contributed by atoms with Crippen molar-refractivity contribution in [2.45, 2.75) is 18.9 Å². The summed E-state index contributed by atoms with van der Waals surface area (Å²) in [6.07, 6.45) is 1.78. The van der Waals surface area contributed by atoms with Crippen LogP contribution in [0.4, 0.5) is 0 Å². The van der Waals surface area contributed by atoms with Gasteiger partial charge < -0.3 is 15.0 Å². The van der Waals surface area contributed by atoms with E-state index in [2.05, 4.69) is 4.98 Å². The summed E-state index contributed by atoms with van der Waals surface area (Å²) in [5, 5.41) is 0.706. The highest BCUT2D eigenvalue weighted by molar-refractivity contribution is 6.35. The highest BCUT2D eigenvalue weighted by Crippen LogP contribution is 2.26. The Hall–Kier alpha value is -1.10. The van der Waals surface area contributed by atoms with Crippen LogP contribution in [-0.4, -0.2) is 23.3 Å². The van der Waals surface area contributed by atoms with Gasteiger partial charge in [0.2, 0.25) is 0 Å². The standard InChI is InChI=1S/C13H18ClN3O/c1-17-12-9(14)5-3-7-11(12)16-13(17)10(15)6-4-8-18-2/h3,5,7,10H,4,6,8,15H2,1-2H3. The molecule has 2 aromatic rings. The number of imidazole rings is 1. The normalized spacial score (nSPS) is 13.1. The summed E-state index contributed by atoms with van der Waals surface area (Å²) in [5.41, 5.74) is 8.00. The zero-order valence-electron chi connectivity index (χ0n) is 10.7. The van der Waals surface area contributed by atoms with Gasteiger partial charge in [-0.3, -0.25) is 0 Å². The first-order valence-corrected chi connectivity index (χ1v) is 6.38. The molecule has 0 saturated carbocycles. The Balaban J connectivity index is 2.28. The molecule has 0 bridgehead atoms. The molecule has 0 aliphatic heterocycles. The number of fused-ring (bicyclic) bond motifs is 1. The van der Waals surface area contributed by atoms with Gasteiger partial charge in [0.1, 0.15) is 5.82 Å². The van der Waals surface area contributed by atoms with Gasteiger partial charge in [-0.1, -0.05) is 17.7 Å². The Morgan fingerprint density at radius 1 is 1.50 bits per heavy atom. The van der Waals surface area contributed by atoms with Crippen molar-refractivity contribution in [3.63, 3.8) is 0 Å². The van der Waals surface area contributed by atoms with Gasteiger partial charge in [0.25, 0.3) is 0 Å². The number of aromatic nitrogens is 2. The molecule has 1 unspecified atom stereocenters. The van der Waals surface area contributed by atoms with Crippen LogP contribution < -0.4 is 5.73 Å². The number of para-hydroxylation sites is 1. The largest absolute Gasteiger partial charge is 0.385 e. The van der Waals surface area contributed by atoms with Crippen LogP contribution >= 0.6 is 11.6 Å². The topological polar surface area (TPSA) is 53.1 Å². The van der Waals surface area contributed by atoms with E-state index in [1.807, 2.05) is 29.8 Å². The van der Waals surface area contributed by atoms with Crippen LogP contribution in [0, 0.1) is 0 Å². The molecular formula is C13H18ClN3O. The third-order valence-corrected chi connectivity index (χ3v) is 3.38. The Bertz CT molecular complexity index is 538. The van der Waals surface area contributed by atoms with Crippen molar-refractivity contribution < 1.29 is 4.74 Å². The summed E-state index contributed by atoms with van der Waals surface area (Å²) in [4.78, 5) is 4.56. The fraction of sp³-hybridized carbons (Fsp3) is 0.462. The molecule has 0 fully saturated rings. The first-order chi connectivity index (χ1) is 8.65. The minimum atomic E-state index is -0.0892. The van der Waals surface area contributed by atoms with E-state index in [1.54, 1.807) is 7.11 Å². The molecule has 18 heavy (non-hydrogen) atoms. The number of rotatable bonds is 5. The number of hydrogen-bond donors (Lipinski definition) is 1. The number of methoxy groups -OCH3 is 1. The number of aryl methyl sites for hydroxylation is 1. The molecule has 0 amide bonds. The predicted molar refractivity (Wildman–Crippen MR) is 73.8 cm³/mol. The second kappa shape index (κ2) is 5.69. The van der Waals surface area contributed by atoms with Crippen LogP contribution in [0.2, 0.25) is 5.02 Å². The minimum absolute atomic E-state index is 0.0892. The van der Waals surface area contributed by atoms with Crippen molar-refractivity contribution in [2.75, 3.05) is 13.7 Å². The van der Waals surface area contributed by atoms with Gasteiger partial charge in [-0.25, -0.2) is 4.98 Å². The van der Waals surface area contributed by atoms with E-state index in [4.69, 9.17) is 22.1 Å². The second-order valence-corrected chi connectivity index (χ2v) is 4.79. The summed E-state index contributed by atoms with van der Waals surface area (Å²) >= 11 is 6.19. The molecule has 5 heteroatoms. The summed E-state index contributed by atoms with van der Waals surface area (Å²) in [6.45, 7) is 0.721. The van der Waals surface area contributed by atoms with Crippen LogP contribution in [0.1, 0.15) is 24.7 Å². The minimum Gasteiger partial charge on any atom is -0.385 e. The number of nitrogens with zero attached hydrogens (tertiary/aromatic N) is 2. The van der Waals surface area contributed by atoms with Gasteiger partial charge in [-0.2, -0.15) is 0 Å². The van der Waals surface area contributed by atoms with E-state index in [-0.39, 0.29) is 6.04 Å². The molecule has 98 valence electrons. The Morgan fingerprint density at radius 2 is 2.28 bits per heavy atom. The van der Waals surface area contributed by atoms with Gasteiger partial charge in [0, 0.05) is 20.8 Å². The number of ether oxygens (including phenoxy) is 1. The lowest BCUT2D eigenvalue weighted by molar-refractivity contribution is 0.190. The van der Waals surface area contributed by atoms with Gasteiger partial charge in [-0.15, -0.1) is 0 Å². The zero-order chi connectivity index (χ0) is 13.1. The highest BCUT2D eigenvalue weighted by atomic mass is 35.5. The van der Waals surface area contributed by atoms with Gasteiger partial charge in [0.15, 0.2) is 0 Å². The van der Waals surface area contributed by atoms with Gasteiger partial charge in [0.05, 0.1) is 22.1 Å². The number of halogens is 1. The van der Waals surface area contributed by atoms with Crippen LogP contribution in [-0.2, 0) is 11.8 Å². The SMILES string of the molecule is COCCCC(N)c1nc2cccc(Cl)c2n1C. The van der Waals surface area contributed by atoms with E-state index in [0.29, 0.717) is 5.02 Å². The molecule has 2 rings (SSSR count). The summed E-state index contributed by atoms with van der Waals surface area (Å²) < 4.78 is 7.01. The van der Waals surface area contributed by atoms with Crippen LogP contribution in [0.15, 0.2) is 18.2 Å². The van der Waals surface area contributed by atoms with Crippen molar-refractivity contribution in [2.24, 2.45) is 12.8 Å². The van der Waals surface area contributed by atoms with Crippen molar-refractivity contribution >= 4 is 22.6 Å². The quantitative estimate of drug-likeness (QED) is 0.848. The molecule has 0 aliphatic carbocycles. The third kappa shape index (κ3) is 2.51. The molecule has 1 aromatic carbocycles. The van der Waals surface area contributed by atoms with Crippen molar-refractivity contribution in [1.82, 2.24) is 9.55 Å². The van der Waals surface area contributed by atoms with E-state index < -0.39 is 0 Å². The molecule has 1 atom stereocenters. The summed E-state index contributed by atoms with van der Waals surface area (Å²) in [7, 11) is 3.65. The summed E-state index contributed by atoms with van der Waals surface area (Å²) in [5.74, 6) is 0.870. The third-order valence-electron chi connectivity index (χ3n) is 3.07. The average Bonchev–Trinajstić information content (AvgIpc) is 2.68. The Labute approximate surface area is 112 Å². The van der Waals surface area contributed by atoms with E-state index in [9.17, 15) is 0 Å². The van der Waals surface area contributed by atoms with Crippen LogP contribution in [0.3, 0.4) is 0 Å². The maximum absolute atomic E-state index is 6.19. The highest BCUT2D eigenvalue weighted by Gasteiger charge is 2.16. The van der Waals surface area contributed by atoms with Crippen LogP contribution in [0.25, 0.3) is 11.0 Å². The second-order valence-electron chi connectivity index (χ2n) is 4.38. The fourth-order valence-electron chi connectivity index (χ4n) is 2.15. The first-order valence-electron chi connectivity index (χ1n) is 6.00. The molecule has 1 heterocycles. The van der Waals surface area contributed by atoms with Crippen molar-refractivity contribution in [3.8, 4) is 0 Å². The average molecular weight is 268 g/mol. The fourth-order valence-corrected chi connectivity index (χ4v) is 2.44. The molecule has 0 radical (unpaired) electrons. The summed E-state index contributed by atoms with van der Waals surface area (Å²) in [6, 6.07) is 5.63. The van der Waals surface area contributed by atoms with E-state index in [0.717, 1.165) is 36.3 Å². The molecule has 1 aromatic heterocycles. The predicted octanol–water partition coefficient (Wildman–Crippen LogP) is 2.65. The molecule has 0 spiro atoms. The monoisotopic (exact) mass is 267 g/mol. The number of benzene rings is 1. The van der Waals surface area contributed by atoms with E-state index >= 15 is 0 Å². The number of hydrogen-bond acceptors (Lipinski definition) is 3. The Morgan fingerprint density at radius 3 is 2.94 bits per heavy atom. The molecule has 0 saturated heterocycles. The smallest absolute Gasteiger partial charge is 0.126 e. The lowest BCUT2D eigenvalue weighted by Crippen LogP contribution is -2.16. The zero-order valence-corrected chi connectivity index (χ0v) is 11.4. The maximum atomic E-state index is 6.19.